The molecule has 1 saturated heterocycles. The fourth-order valence-corrected chi connectivity index (χ4v) is 4.67. The number of morpholine rings is 1. The van der Waals surface area contributed by atoms with Crippen molar-refractivity contribution >= 4 is 44.8 Å². The molecule has 0 atom stereocenters. The Balaban J connectivity index is 1.92. The highest BCUT2D eigenvalue weighted by Crippen LogP contribution is 2.30. The van der Waals surface area contributed by atoms with E-state index in [-0.39, 0.29) is 34.3 Å². The van der Waals surface area contributed by atoms with Crippen LogP contribution in [-0.4, -0.2) is 52.0 Å². The van der Waals surface area contributed by atoms with Crippen molar-refractivity contribution in [3.63, 3.8) is 0 Å². The second-order valence-electron chi connectivity index (χ2n) is 5.96. The topological polar surface area (TPSA) is 84.9 Å². The number of amides is 1. The number of methoxy groups -OCH3 is 1. The molecular weight excluding hydrogens is 427 g/mol. The van der Waals surface area contributed by atoms with Gasteiger partial charge in [-0.2, -0.15) is 4.31 Å². The van der Waals surface area contributed by atoms with E-state index in [4.69, 9.17) is 32.7 Å². The van der Waals surface area contributed by atoms with E-state index in [1.165, 1.54) is 41.7 Å². The molecule has 0 bridgehead atoms. The maximum absolute atomic E-state index is 12.9. The zero-order valence-corrected chi connectivity index (χ0v) is 17.3. The number of nitrogens with one attached hydrogen (secondary N) is 1. The summed E-state index contributed by atoms with van der Waals surface area (Å²) in [6, 6.07) is 8.78. The first kappa shape index (κ1) is 20.9. The Bertz CT molecular complexity index is 991. The van der Waals surface area contributed by atoms with Gasteiger partial charge in [-0.3, -0.25) is 4.79 Å². The van der Waals surface area contributed by atoms with Crippen molar-refractivity contribution in [1.82, 2.24) is 4.31 Å². The summed E-state index contributed by atoms with van der Waals surface area (Å²) in [4.78, 5) is 12.7. The lowest BCUT2D eigenvalue weighted by molar-refractivity contribution is 0.0730. The first-order valence-electron chi connectivity index (χ1n) is 8.35. The van der Waals surface area contributed by atoms with Gasteiger partial charge in [-0.05, 0) is 36.4 Å². The van der Waals surface area contributed by atoms with Crippen LogP contribution >= 0.6 is 23.2 Å². The average Bonchev–Trinajstić information content (AvgIpc) is 2.68. The summed E-state index contributed by atoms with van der Waals surface area (Å²) >= 11 is 11.9. The first-order valence-corrected chi connectivity index (χ1v) is 10.5. The normalized spacial score (nSPS) is 15.2. The van der Waals surface area contributed by atoms with Gasteiger partial charge in [-0.25, -0.2) is 8.42 Å². The van der Waals surface area contributed by atoms with Crippen LogP contribution in [0.4, 0.5) is 5.69 Å². The molecule has 28 heavy (non-hydrogen) atoms. The highest BCUT2D eigenvalue weighted by molar-refractivity contribution is 7.89. The third-order valence-corrected chi connectivity index (χ3v) is 6.65. The zero-order chi connectivity index (χ0) is 20.3. The number of carbonyl (C=O) groups excluding carboxylic acids is 1. The van der Waals surface area contributed by atoms with E-state index < -0.39 is 15.9 Å². The molecule has 0 aromatic heterocycles. The minimum atomic E-state index is -3.72. The van der Waals surface area contributed by atoms with Gasteiger partial charge in [0.1, 0.15) is 5.75 Å². The van der Waals surface area contributed by atoms with Gasteiger partial charge in [0.05, 0.1) is 41.5 Å². The van der Waals surface area contributed by atoms with Crippen LogP contribution in [0.25, 0.3) is 0 Å². The van der Waals surface area contributed by atoms with Crippen LogP contribution in [0.3, 0.4) is 0 Å². The molecule has 0 unspecified atom stereocenters. The number of sulfonamides is 1. The van der Waals surface area contributed by atoms with Crippen molar-refractivity contribution in [1.29, 1.82) is 0 Å². The Hall–Kier alpha value is -1.84. The van der Waals surface area contributed by atoms with Gasteiger partial charge in [0.25, 0.3) is 5.91 Å². The fraction of sp³-hybridized carbons (Fsp3) is 0.278. The number of hydrogen-bond donors (Lipinski definition) is 1. The van der Waals surface area contributed by atoms with E-state index in [1.807, 2.05) is 0 Å². The van der Waals surface area contributed by atoms with Crippen molar-refractivity contribution in [3.05, 3.63) is 52.0 Å². The molecule has 1 N–H and O–H groups in total. The third kappa shape index (κ3) is 4.42. The molecule has 7 nitrogen and oxygen atoms in total. The number of halogens is 2. The van der Waals surface area contributed by atoms with Crippen LogP contribution in [0.5, 0.6) is 5.75 Å². The first-order chi connectivity index (χ1) is 13.3. The van der Waals surface area contributed by atoms with Crippen molar-refractivity contribution in [3.8, 4) is 5.75 Å². The summed E-state index contributed by atoms with van der Waals surface area (Å²) < 4.78 is 37.5. The predicted molar refractivity (Wildman–Crippen MR) is 107 cm³/mol. The Morgan fingerprint density at radius 1 is 1.14 bits per heavy atom. The van der Waals surface area contributed by atoms with Gasteiger partial charge in [-0.1, -0.05) is 23.2 Å². The van der Waals surface area contributed by atoms with E-state index in [0.29, 0.717) is 24.0 Å². The van der Waals surface area contributed by atoms with E-state index in [1.54, 1.807) is 6.07 Å². The number of hydrogen-bond acceptors (Lipinski definition) is 5. The molecule has 0 radical (unpaired) electrons. The molecule has 1 aliphatic heterocycles. The lowest BCUT2D eigenvalue weighted by atomic mass is 10.2. The molecule has 0 saturated carbocycles. The minimum absolute atomic E-state index is 0.0488. The van der Waals surface area contributed by atoms with Crippen LogP contribution in [0, 0.1) is 0 Å². The summed E-state index contributed by atoms with van der Waals surface area (Å²) in [5.74, 6) is -0.194. The fourth-order valence-electron chi connectivity index (χ4n) is 2.74. The van der Waals surface area contributed by atoms with Gasteiger partial charge >= 0.3 is 0 Å². The maximum Gasteiger partial charge on any atom is 0.257 e. The molecule has 1 aliphatic rings. The number of carbonyl (C=O) groups is 1. The highest BCUT2D eigenvalue weighted by atomic mass is 35.5. The van der Waals surface area contributed by atoms with Crippen LogP contribution in [0.15, 0.2) is 41.3 Å². The lowest BCUT2D eigenvalue weighted by Crippen LogP contribution is -2.40. The molecule has 2 aromatic rings. The molecule has 1 heterocycles. The molecule has 2 aromatic carbocycles. The summed E-state index contributed by atoms with van der Waals surface area (Å²) in [7, 11) is -2.29. The Morgan fingerprint density at radius 2 is 1.86 bits per heavy atom. The van der Waals surface area contributed by atoms with Crippen molar-refractivity contribution in [2.24, 2.45) is 0 Å². The Kier molecular flexibility index (Phi) is 6.47. The van der Waals surface area contributed by atoms with E-state index in [2.05, 4.69) is 5.32 Å². The van der Waals surface area contributed by atoms with Crippen LogP contribution in [0.1, 0.15) is 10.4 Å². The smallest absolute Gasteiger partial charge is 0.257 e. The molecule has 0 spiro atoms. The SMILES string of the molecule is COc1ccc(S(=O)(=O)N2CCOCC2)cc1NC(=O)c1ccc(Cl)cc1Cl. The van der Waals surface area contributed by atoms with Crippen molar-refractivity contribution in [2.45, 2.75) is 4.90 Å². The maximum atomic E-state index is 12.9. The lowest BCUT2D eigenvalue weighted by Gasteiger charge is -2.26. The zero-order valence-electron chi connectivity index (χ0n) is 14.9. The summed E-state index contributed by atoms with van der Waals surface area (Å²) in [6.07, 6.45) is 0. The van der Waals surface area contributed by atoms with Crippen LogP contribution < -0.4 is 10.1 Å². The van der Waals surface area contributed by atoms with E-state index >= 15 is 0 Å². The van der Waals surface area contributed by atoms with Gasteiger partial charge in [-0.15, -0.1) is 0 Å². The van der Waals surface area contributed by atoms with Gasteiger partial charge < -0.3 is 14.8 Å². The second-order valence-corrected chi connectivity index (χ2v) is 8.74. The number of rotatable bonds is 5. The average molecular weight is 445 g/mol. The van der Waals surface area contributed by atoms with Crippen molar-refractivity contribution in [2.75, 3.05) is 38.7 Å². The third-order valence-electron chi connectivity index (χ3n) is 4.20. The van der Waals surface area contributed by atoms with Crippen LogP contribution in [-0.2, 0) is 14.8 Å². The molecule has 3 rings (SSSR count). The van der Waals surface area contributed by atoms with Gasteiger partial charge in [0, 0.05) is 18.1 Å². The molecular formula is C18H18Cl2N2O5S. The van der Waals surface area contributed by atoms with Gasteiger partial charge in [0.15, 0.2) is 0 Å². The molecule has 1 amide bonds. The van der Waals surface area contributed by atoms with E-state index in [0.717, 1.165) is 0 Å². The molecule has 0 aliphatic carbocycles. The molecule has 150 valence electrons. The largest absolute Gasteiger partial charge is 0.495 e. The van der Waals surface area contributed by atoms with Crippen LogP contribution in [0.2, 0.25) is 10.0 Å². The summed E-state index contributed by atoms with van der Waals surface area (Å²) in [5.41, 5.74) is 0.419. The summed E-state index contributed by atoms with van der Waals surface area (Å²) in [6.45, 7) is 1.23. The number of ether oxygens (including phenoxy) is 2. The monoisotopic (exact) mass is 444 g/mol. The Labute approximate surface area is 173 Å². The minimum Gasteiger partial charge on any atom is -0.495 e. The number of nitrogens with zero attached hydrogens (tertiary/aromatic N) is 1. The number of anilines is 1. The standard InChI is InChI=1S/C18H18Cl2N2O5S/c1-26-17-5-3-13(28(24,25)22-6-8-27-9-7-22)11-16(17)21-18(23)14-4-2-12(19)10-15(14)20/h2-5,10-11H,6-9H2,1H3,(H,21,23). The highest BCUT2D eigenvalue weighted by Gasteiger charge is 2.27. The quantitative estimate of drug-likeness (QED) is 0.764. The molecule has 10 heteroatoms. The van der Waals surface area contributed by atoms with Crippen molar-refractivity contribution < 1.29 is 22.7 Å². The van der Waals surface area contributed by atoms with E-state index in [9.17, 15) is 13.2 Å². The van der Waals surface area contributed by atoms with Gasteiger partial charge in [0.2, 0.25) is 10.0 Å². The predicted octanol–water partition coefficient (Wildman–Crippen LogP) is 3.28. The molecule has 1 fully saturated rings. The second kappa shape index (κ2) is 8.67. The summed E-state index contributed by atoms with van der Waals surface area (Å²) in [5, 5.41) is 3.24. The number of benzene rings is 2. The Morgan fingerprint density at radius 3 is 2.50 bits per heavy atom.